The average Bonchev–Trinajstić information content (AvgIpc) is 2.86. The molecule has 0 radical (unpaired) electrons. The number of fused-ring (bicyclic) bond motifs is 1. The molecule has 6 heteroatoms. The van der Waals surface area contributed by atoms with E-state index in [2.05, 4.69) is 4.90 Å². The molecule has 1 saturated heterocycles. The largest absolute Gasteiger partial charge is 0.399 e. The minimum atomic E-state index is -3.70. The van der Waals surface area contributed by atoms with Gasteiger partial charge in [-0.3, -0.25) is 0 Å². The van der Waals surface area contributed by atoms with Crippen molar-refractivity contribution >= 4 is 21.4 Å². The summed E-state index contributed by atoms with van der Waals surface area (Å²) in [5.74, 6) is 1.50. The summed E-state index contributed by atoms with van der Waals surface area (Å²) in [6, 6.07) is 4.87. The fraction of sp³-hybridized carbons (Fsp3) is 0.538. The quantitative estimate of drug-likeness (QED) is 0.796. The van der Waals surface area contributed by atoms with Crippen LogP contribution in [0.3, 0.4) is 0 Å². The van der Waals surface area contributed by atoms with Crippen molar-refractivity contribution in [1.29, 1.82) is 0 Å². The Morgan fingerprint density at radius 2 is 1.74 bits per heavy atom. The monoisotopic (exact) mass is 281 g/mol. The average molecular weight is 281 g/mol. The van der Waals surface area contributed by atoms with Crippen molar-refractivity contribution in [2.75, 3.05) is 23.7 Å². The molecule has 0 bridgehead atoms. The Bertz CT molecular complexity index is 588. The molecule has 1 aromatic rings. The molecule has 1 heterocycles. The summed E-state index contributed by atoms with van der Waals surface area (Å²) in [4.78, 5) is 2.33. The molecule has 104 valence electrons. The highest BCUT2D eigenvalue weighted by Gasteiger charge is 2.36. The van der Waals surface area contributed by atoms with E-state index in [4.69, 9.17) is 10.9 Å². The van der Waals surface area contributed by atoms with Gasteiger partial charge in [-0.15, -0.1) is 0 Å². The van der Waals surface area contributed by atoms with Crippen LogP contribution in [0.25, 0.3) is 0 Å². The molecule has 1 saturated carbocycles. The first-order valence-corrected chi connectivity index (χ1v) is 8.16. The molecular weight excluding hydrogens is 262 g/mol. The molecule has 0 amide bonds. The normalized spacial score (nSPS) is 26.7. The van der Waals surface area contributed by atoms with Gasteiger partial charge in [0.25, 0.3) is 0 Å². The predicted octanol–water partition coefficient (Wildman–Crippen LogP) is 1.15. The Morgan fingerprint density at radius 3 is 2.32 bits per heavy atom. The summed E-state index contributed by atoms with van der Waals surface area (Å²) in [6.07, 6.45) is 3.89. The standard InChI is InChI=1S/C13H19N3O2S/c14-11-4-12(6-13(5-11)19(15,17)18)16-7-9-2-1-3-10(9)8-16/h4-6,9-10H,1-3,7-8,14H2,(H2,15,17,18). The Morgan fingerprint density at radius 1 is 1.11 bits per heavy atom. The van der Waals surface area contributed by atoms with Gasteiger partial charge in [-0.2, -0.15) is 0 Å². The van der Waals surface area contributed by atoms with Crippen LogP contribution in [0, 0.1) is 11.8 Å². The van der Waals surface area contributed by atoms with E-state index in [0.717, 1.165) is 30.6 Å². The van der Waals surface area contributed by atoms with Crippen LogP contribution in [0.4, 0.5) is 11.4 Å². The van der Waals surface area contributed by atoms with Gasteiger partial charge in [0.2, 0.25) is 10.0 Å². The number of rotatable bonds is 2. The number of hydrogen-bond acceptors (Lipinski definition) is 4. The van der Waals surface area contributed by atoms with E-state index in [1.807, 2.05) is 6.07 Å². The minimum Gasteiger partial charge on any atom is -0.399 e. The SMILES string of the molecule is Nc1cc(N2CC3CCCC3C2)cc(S(N)(=O)=O)c1. The first-order chi connectivity index (χ1) is 8.93. The summed E-state index contributed by atoms with van der Waals surface area (Å²) >= 11 is 0. The third-order valence-corrected chi connectivity index (χ3v) is 5.23. The van der Waals surface area contributed by atoms with Gasteiger partial charge in [0, 0.05) is 24.5 Å². The first-order valence-electron chi connectivity index (χ1n) is 6.62. The number of primary sulfonamides is 1. The summed E-state index contributed by atoms with van der Waals surface area (Å²) < 4.78 is 22.9. The lowest BCUT2D eigenvalue weighted by molar-refractivity contribution is 0.494. The summed E-state index contributed by atoms with van der Waals surface area (Å²) in [5.41, 5.74) is 7.11. The van der Waals surface area contributed by atoms with E-state index in [9.17, 15) is 8.42 Å². The number of nitrogen functional groups attached to an aromatic ring is 1. The molecule has 5 nitrogen and oxygen atoms in total. The van der Waals surface area contributed by atoms with E-state index in [1.54, 1.807) is 6.07 Å². The van der Waals surface area contributed by atoms with Crippen LogP contribution >= 0.6 is 0 Å². The Hall–Kier alpha value is -1.27. The van der Waals surface area contributed by atoms with Crippen LogP contribution in [0.1, 0.15) is 19.3 Å². The van der Waals surface area contributed by atoms with Crippen LogP contribution in [-0.2, 0) is 10.0 Å². The molecule has 0 spiro atoms. The van der Waals surface area contributed by atoms with Gasteiger partial charge in [0.15, 0.2) is 0 Å². The molecule has 1 aromatic carbocycles. The maximum absolute atomic E-state index is 11.5. The highest BCUT2D eigenvalue weighted by Crippen LogP contribution is 2.40. The topological polar surface area (TPSA) is 89.4 Å². The molecule has 2 unspecified atom stereocenters. The first kappa shape index (κ1) is 12.7. The van der Waals surface area contributed by atoms with Crippen molar-refractivity contribution in [2.24, 2.45) is 17.0 Å². The molecule has 2 atom stereocenters. The Kier molecular flexibility index (Phi) is 2.94. The van der Waals surface area contributed by atoms with E-state index in [-0.39, 0.29) is 4.90 Å². The van der Waals surface area contributed by atoms with Gasteiger partial charge in [0.05, 0.1) is 4.90 Å². The highest BCUT2D eigenvalue weighted by molar-refractivity contribution is 7.89. The van der Waals surface area contributed by atoms with E-state index < -0.39 is 10.0 Å². The van der Waals surface area contributed by atoms with Gasteiger partial charge in [-0.05, 0) is 42.9 Å². The zero-order valence-electron chi connectivity index (χ0n) is 10.7. The van der Waals surface area contributed by atoms with Gasteiger partial charge in [-0.1, -0.05) is 6.42 Å². The predicted molar refractivity (Wildman–Crippen MR) is 75.3 cm³/mol. The van der Waals surface area contributed by atoms with Crippen LogP contribution < -0.4 is 15.8 Å². The molecule has 1 aliphatic heterocycles. The lowest BCUT2D eigenvalue weighted by atomic mass is 10.0. The fourth-order valence-electron chi connectivity index (χ4n) is 3.40. The number of sulfonamides is 1. The summed E-state index contributed by atoms with van der Waals surface area (Å²) in [5, 5.41) is 5.18. The second kappa shape index (κ2) is 4.38. The second-order valence-corrected chi connectivity index (χ2v) is 7.22. The molecule has 1 aliphatic carbocycles. The van der Waals surface area contributed by atoms with Crippen molar-refractivity contribution in [3.63, 3.8) is 0 Å². The molecule has 2 fully saturated rings. The van der Waals surface area contributed by atoms with E-state index in [0.29, 0.717) is 5.69 Å². The summed E-state index contributed by atoms with van der Waals surface area (Å²) in [7, 11) is -3.70. The lowest BCUT2D eigenvalue weighted by Crippen LogP contribution is -2.22. The maximum atomic E-state index is 11.5. The number of nitrogens with zero attached hydrogens (tertiary/aromatic N) is 1. The van der Waals surface area contributed by atoms with Gasteiger partial charge in [0.1, 0.15) is 0 Å². The number of nitrogens with two attached hydrogens (primary N) is 2. The molecule has 19 heavy (non-hydrogen) atoms. The zero-order chi connectivity index (χ0) is 13.6. The third kappa shape index (κ3) is 2.42. The maximum Gasteiger partial charge on any atom is 0.238 e. The number of hydrogen-bond donors (Lipinski definition) is 2. The van der Waals surface area contributed by atoms with Gasteiger partial charge in [-0.25, -0.2) is 13.6 Å². The second-order valence-electron chi connectivity index (χ2n) is 5.66. The Labute approximate surface area is 113 Å². The van der Waals surface area contributed by atoms with Crippen LogP contribution in [-0.4, -0.2) is 21.5 Å². The van der Waals surface area contributed by atoms with Crippen molar-refractivity contribution in [3.8, 4) is 0 Å². The number of anilines is 2. The van der Waals surface area contributed by atoms with Crippen LogP contribution in [0.5, 0.6) is 0 Å². The highest BCUT2D eigenvalue weighted by atomic mass is 32.2. The third-order valence-electron chi connectivity index (χ3n) is 4.33. The van der Waals surface area contributed by atoms with Crippen LogP contribution in [0.15, 0.2) is 23.1 Å². The smallest absolute Gasteiger partial charge is 0.238 e. The lowest BCUT2D eigenvalue weighted by Gasteiger charge is -2.20. The zero-order valence-corrected chi connectivity index (χ0v) is 11.6. The molecule has 4 N–H and O–H groups in total. The van der Waals surface area contributed by atoms with Gasteiger partial charge >= 0.3 is 0 Å². The number of benzene rings is 1. The Balaban J connectivity index is 1.91. The van der Waals surface area contributed by atoms with E-state index in [1.165, 1.54) is 25.3 Å². The van der Waals surface area contributed by atoms with E-state index >= 15 is 0 Å². The van der Waals surface area contributed by atoms with Crippen molar-refractivity contribution in [2.45, 2.75) is 24.2 Å². The molecule has 3 rings (SSSR count). The van der Waals surface area contributed by atoms with Crippen molar-refractivity contribution in [3.05, 3.63) is 18.2 Å². The van der Waals surface area contributed by atoms with Crippen molar-refractivity contribution < 1.29 is 8.42 Å². The summed E-state index contributed by atoms with van der Waals surface area (Å²) in [6.45, 7) is 2.00. The van der Waals surface area contributed by atoms with Crippen LogP contribution in [0.2, 0.25) is 0 Å². The van der Waals surface area contributed by atoms with Gasteiger partial charge < -0.3 is 10.6 Å². The molecule has 2 aliphatic rings. The minimum absolute atomic E-state index is 0.0968. The molecule has 0 aromatic heterocycles. The molecular formula is C13H19N3O2S. The fourth-order valence-corrected chi connectivity index (χ4v) is 3.98. The van der Waals surface area contributed by atoms with Crippen molar-refractivity contribution in [1.82, 2.24) is 0 Å².